The van der Waals surface area contributed by atoms with Crippen LogP contribution in [0.25, 0.3) is 17.0 Å². The zero-order chi connectivity index (χ0) is 19.8. The number of nitroso groups, excluding NO2 is 1. The number of nitrogens with zero attached hydrogens (tertiary/aromatic N) is 5. The molecule has 8 nitrogen and oxygen atoms in total. The molecule has 0 bridgehead atoms. The van der Waals surface area contributed by atoms with Crippen molar-refractivity contribution in [3.05, 3.63) is 71.2 Å². The fourth-order valence-corrected chi connectivity index (χ4v) is 3.76. The molecule has 3 heterocycles. The number of aromatic nitrogens is 4. The van der Waals surface area contributed by atoms with E-state index in [9.17, 15) is 4.91 Å². The Morgan fingerprint density at radius 3 is 2.97 bits per heavy atom. The number of benzene rings is 1. The average Bonchev–Trinajstić information content (AvgIpc) is 3.35. The molecule has 0 saturated heterocycles. The van der Waals surface area contributed by atoms with Gasteiger partial charge >= 0.3 is 0 Å². The summed E-state index contributed by atoms with van der Waals surface area (Å²) in [6.45, 7) is 0. The van der Waals surface area contributed by atoms with Crippen molar-refractivity contribution >= 4 is 17.2 Å². The van der Waals surface area contributed by atoms with Gasteiger partial charge in [0.25, 0.3) is 0 Å². The third-order valence-electron chi connectivity index (χ3n) is 5.22. The Morgan fingerprint density at radius 1 is 1.24 bits per heavy atom. The van der Waals surface area contributed by atoms with E-state index in [4.69, 9.17) is 9.72 Å². The first-order valence-electron chi connectivity index (χ1n) is 9.31. The molecule has 144 valence electrons. The molecule has 3 aromatic heterocycles. The van der Waals surface area contributed by atoms with Gasteiger partial charge in [0.15, 0.2) is 5.65 Å². The highest BCUT2D eigenvalue weighted by Gasteiger charge is 2.24. The molecule has 0 saturated carbocycles. The van der Waals surface area contributed by atoms with Crippen molar-refractivity contribution in [2.75, 3.05) is 12.4 Å². The maximum atomic E-state index is 11.0. The van der Waals surface area contributed by atoms with Gasteiger partial charge in [-0.3, -0.25) is 14.4 Å². The molecule has 0 fully saturated rings. The van der Waals surface area contributed by atoms with Crippen molar-refractivity contribution in [2.45, 2.75) is 18.9 Å². The Balaban J connectivity index is 1.58. The molecular formula is C21H18N6O2. The van der Waals surface area contributed by atoms with E-state index >= 15 is 0 Å². The summed E-state index contributed by atoms with van der Waals surface area (Å²) in [5, 5.41) is 6.71. The van der Waals surface area contributed by atoms with Crippen LogP contribution in [0.15, 0.2) is 60.3 Å². The van der Waals surface area contributed by atoms with E-state index in [0.717, 1.165) is 41.2 Å². The van der Waals surface area contributed by atoms with E-state index in [0.29, 0.717) is 17.1 Å². The number of ether oxygens (including phenoxy) is 1. The van der Waals surface area contributed by atoms with Crippen LogP contribution in [-0.2, 0) is 6.42 Å². The molecule has 5 rings (SSSR count). The second-order valence-electron chi connectivity index (χ2n) is 6.90. The van der Waals surface area contributed by atoms with Crippen molar-refractivity contribution in [3.8, 4) is 17.1 Å². The first-order valence-corrected chi connectivity index (χ1v) is 9.31. The number of pyridine rings is 1. The molecule has 0 amide bonds. The fraction of sp³-hybridized carbons (Fsp3) is 0.190. The van der Waals surface area contributed by atoms with Crippen LogP contribution in [0.2, 0.25) is 0 Å². The molecular weight excluding hydrogens is 368 g/mol. The number of methoxy groups -OCH3 is 1. The van der Waals surface area contributed by atoms with Crippen LogP contribution in [0.1, 0.15) is 23.6 Å². The monoisotopic (exact) mass is 386 g/mol. The minimum atomic E-state index is -0.236. The molecule has 8 heteroatoms. The number of rotatable bonds is 5. The largest absolute Gasteiger partial charge is 0.495 e. The van der Waals surface area contributed by atoms with Crippen LogP contribution in [0.4, 0.5) is 11.5 Å². The quantitative estimate of drug-likeness (QED) is 0.514. The Morgan fingerprint density at radius 2 is 2.17 bits per heavy atom. The Kier molecular flexibility index (Phi) is 4.16. The van der Waals surface area contributed by atoms with Gasteiger partial charge in [0, 0.05) is 18.1 Å². The summed E-state index contributed by atoms with van der Waals surface area (Å²) in [7, 11) is 1.61. The van der Waals surface area contributed by atoms with Gasteiger partial charge in [0.2, 0.25) is 0 Å². The number of hydrogen-bond donors (Lipinski definition) is 1. The van der Waals surface area contributed by atoms with Crippen LogP contribution in [0, 0.1) is 4.91 Å². The summed E-state index contributed by atoms with van der Waals surface area (Å²) >= 11 is 0. The smallest absolute Gasteiger partial charge is 0.157 e. The molecule has 4 aromatic rings. The zero-order valence-corrected chi connectivity index (χ0v) is 15.7. The minimum Gasteiger partial charge on any atom is -0.495 e. The number of nitrogens with one attached hydrogen (secondary N) is 1. The summed E-state index contributed by atoms with van der Waals surface area (Å²) in [6, 6.07) is 9.52. The van der Waals surface area contributed by atoms with E-state index in [2.05, 4.69) is 26.5 Å². The molecule has 1 aliphatic rings. The highest BCUT2D eigenvalue weighted by Crippen LogP contribution is 2.37. The van der Waals surface area contributed by atoms with Gasteiger partial charge in [-0.15, -0.1) is 0 Å². The zero-order valence-electron chi connectivity index (χ0n) is 15.7. The number of hydrogen-bond acceptors (Lipinski definition) is 7. The van der Waals surface area contributed by atoms with Gasteiger partial charge in [0.1, 0.15) is 23.3 Å². The summed E-state index contributed by atoms with van der Waals surface area (Å²) in [5.74, 6) is 1.48. The average molecular weight is 386 g/mol. The van der Waals surface area contributed by atoms with Gasteiger partial charge in [-0.25, -0.2) is 4.98 Å². The van der Waals surface area contributed by atoms with Gasteiger partial charge < -0.3 is 10.1 Å². The van der Waals surface area contributed by atoms with E-state index < -0.39 is 0 Å². The second-order valence-corrected chi connectivity index (χ2v) is 6.90. The second kappa shape index (κ2) is 6.97. The Bertz CT molecular complexity index is 1200. The lowest BCUT2D eigenvalue weighted by atomic mass is 10.1. The number of aryl methyl sites for hydroxylation is 1. The maximum Gasteiger partial charge on any atom is 0.157 e. The van der Waals surface area contributed by atoms with Crippen molar-refractivity contribution < 1.29 is 4.74 Å². The van der Waals surface area contributed by atoms with Crippen LogP contribution < -0.4 is 10.1 Å². The van der Waals surface area contributed by atoms with Crippen LogP contribution >= 0.6 is 0 Å². The molecule has 1 atom stereocenters. The number of fused-ring (bicyclic) bond motifs is 2. The van der Waals surface area contributed by atoms with Gasteiger partial charge in [-0.2, -0.15) is 4.91 Å². The molecule has 1 unspecified atom stereocenters. The van der Waals surface area contributed by atoms with E-state index in [-0.39, 0.29) is 6.04 Å². The summed E-state index contributed by atoms with van der Waals surface area (Å²) in [6.07, 6.45) is 8.58. The number of imidazole rings is 1. The van der Waals surface area contributed by atoms with Gasteiger partial charge in [-0.1, -0.05) is 11.2 Å². The summed E-state index contributed by atoms with van der Waals surface area (Å²) < 4.78 is 7.15. The topological polar surface area (TPSA) is 93.8 Å². The molecule has 0 spiro atoms. The summed E-state index contributed by atoms with van der Waals surface area (Å²) in [4.78, 5) is 24.4. The van der Waals surface area contributed by atoms with E-state index in [1.54, 1.807) is 25.7 Å². The third-order valence-corrected chi connectivity index (χ3v) is 5.22. The van der Waals surface area contributed by atoms with E-state index in [1.165, 1.54) is 0 Å². The molecule has 0 radical (unpaired) electrons. The van der Waals surface area contributed by atoms with Crippen molar-refractivity contribution in [1.82, 2.24) is 19.4 Å². The lowest BCUT2D eigenvalue weighted by Gasteiger charge is -2.11. The standard InChI is InChI=1S/C21H18N6O2/c1-29-15-4-7-18(23-11-15)20-21(27-9-8-22-12-19(27)25-20)24-14-3-5-16-13(10-14)2-6-17(16)26-28/h3-5,7-12,17,24H,2,6H2,1H3. The molecule has 29 heavy (non-hydrogen) atoms. The lowest BCUT2D eigenvalue weighted by molar-refractivity contribution is 0.413. The van der Waals surface area contributed by atoms with Crippen molar-refractivity contribution in [2.24, 2.45) is 5.18 Å². The molecule has 0 aliphatic heterocycles. The van der Waals surface area contributed by atoms with Gasteiger partial charge in [-0.05, 0) is 48.2 Å². The first-order chi connectivity index (χ1) is 14.3. The predicted molar refractivity (Wildman–Crippen MR) is 109 cm³/mol. The van der Waals surface area contributed by atoms with Crippen LogP contribution in [0.3, 0.4) is 0 Å². The number of anilines is 2. The normalized spacial score (nSPS) is 15.3. The summed E-state index contributed by atoms with van der Waals surface area (Å²) in [5.41, 5.74) is 5.25. The highest BCUT2D eigenvalue weighted by atomic mass is 16.5. The minimum absolute atomic E-state index is 0.236. The van der Waals surface area contributed by atoms with E-state index in [1.807, 2.05) is 34.9 Å². The van der Waals surface area contributed by atoms with Crippen LogP contribution in [-0.4, -0.2) is 26.5 Å². The molecule has 1 aliphatic carbocycles. The molecule has 1 aromatic carbocycles. The molecule has 1 N–H and O–H groups in total. The first kappa shape index (κ1) is 17.3. The van der Waals surface area contributed by atoms with Crippen molar-refractivity contribution in [1.29, 1.82) is 0 Å². The Labute approximate surface area is 166 Å². The lowest BCUT2D eigenvalue weighted by Crippen LogP contribution is -1.99. The Hall–Kier alpha value is -3.81. The fourth-order valence-electron chi connectivity index (χ4n) is 3.76. The predicted octanol–water partition coefficient (Wildman–Crippen LogP) is 4.30. The third kappa shape index (κ3) is 2.98. The SMILES string of the molecule is COc1ccc(-c2nc3cnccn3c2Nc2ccc3c(c2)CCC3N=O)nc1. The highest BCUT2D eigenvalue weighted by molar-refractivity contribution is 5.78. The maximum absolute atomic E-state index is 11.0. The van der Waals surface area contributed by atoms with Crippen LogP contribution in [0.5, 0.6) is 5.75 Å². The van der Waals surface area contributed by atoms with Gasteiger partial charge in [0.05, 0.1) is 25.2 Å². The van der Waals surface area contributed by atoms with Crippen molar-refractivity contribution in [3.63, 3.8) is 0 Å².